The molecule has 0 saturated heterocycles. The summed E-state index contributed by atoms with van der Waals surface area (Å²) in [5.74, 6) is 0.0628. The van der Waals surface area contributed by atoms with Crippen LogP contribution in [0.2, 0.25) is 0 Å². The van der Waals surface area contributed by atoms with E-state index in [9.17, 15) is 9.59 Å². The molecular formula is C14H27N3O3. The topological polar surface area (TPSA) is 84.7 Å². The highest BCUT2D eigenvalue weighted by Crippen LogP contribution is 2.25. The summed E-state index contributed by atoms with van der Waals surface area (Å²) in [6.07, 6.45) is 1.59. The van der Waals surface area contributed by atoms with E-state index in [2.05, 4.69) is 5.32 Å². The van der Waals surface area contributed by atoms with Gasteiger partial charge in [0, 0.05) is 32.1 Å². The lowest BCUT2D eigenvalue weighted by molar-refractivity contribution is -0.134. The van der Waals surface area contributed by atoms with Crippen LogP contribution < -0.4 is 11.1 Å². The Hall–Kier alpha value is -1.30. The fraction of sp³-hybridized carbons (Fsp3) is 0.857. The minimum absolute atomic E-state index is 0.0447. The number of carbonyl (C=O) groups is 2. The highest BCUT2D eigenvalue weighted by Gasteiger charge is 2.34. The smallest absolute Gasteiger partial charge is 0.407 e. The van der Waals surface area contributed by atoms with Crippen LogP contribution in [0.15, 0.2) is 0 Å². The molecule has 0 aliphatic heterocycles. The summed E-state index contributed by atoms with van der Waals surface area (Å²) in [6.45, 7) is 5.46. The first kappa shape index (κ1) is 16.8. The molecule has 3 atom stereocenters. The van der Waals surface area contributed by atoms with E-state index in [1.807, 2.05) is 20.8 Å². The van der Waals surface area contributed by atoms with Crippen molar-refractivity contribution in [2.24, 2.45) is 11.7 Å². The van der Waals surface area contributed by atoms with Gasteiger partial charge in [-0.2, -0.15) is 0 Å². The molecule has 1 aliphatic carbocycles. The molecule has 0 unspecified atom stereocenters. The van der Waals surface area contributed by atoms with Crippen LogP contribution in [0.4, 0.5) is 4.79 Å². The Bertz CT molecular complexity index is 363. The number of hydrogen-bond donors (Lipinski definition) is 2. The second-order valence-corrected chi connectivity index (χ2v) is 6.66. The largest absolute Gasteiger partial charge is 0.444 e. The van der Waals surface area contributed by atoms with Gasteiger partial charge in [0.05, 0.1) is 0 Å². The molecule has 116 valence electrons. The van der Waals surface area contributed by atoms with Gasteiger partial charge in [-0.3, -0.25) is 4.79 Å². The van der Waals surface area contributed by atoms with Gasteiger partial charge >= 0.3 is 6.09 Å². The number of carbonyl (C=O) groups excluding carboxylic acids is 2. The van der Waals surface area contributed by atoms with E-state index >= 15 is 0 Å². The van der Waals surface area contributed by atoms with Gasteiger partial charge in [0.15, 0.2) is 0 Å². The third-order valence-corrected chi connectivity index (χ3v) is 3.39. The first-order valence-corrected chi connectivity index (χ1v) is 7.06. The van der Waals surface area contributed by atoms with Gasteiger partial charge in [0.25, 0.3) is 0 Å². The van der Waals surface area contributed by atoms with Crippen molar-refractivity contribution in [3.63, 3.8) is 0 Å². The molecule has 20 heavy (non-hydrogen) atoms. The molecule has 2 amide bonds. The van der Waals surface area contributed by atoms with Crippen LogP contribution >= 0.6 is 0 Å². The highest BCUT2D eigenvalue weighted by atomic mass is 16.6. The van der Waals surface area contributed by atoms with Gasteiger partial charge in [0.2, 0.25) is 5.91 Å². The van der Waals surface area contributed by atoms with Crippen LogP contribution in [0.3, 0.4) is 0 Å². The van der Waals surface area contributed by atoms with E-state index < -0.39 is 11.7 Å². The average Bonchev–Trinajstić information content (AvgIpc) is 2.28. The molecule has 6 nitrogen and oxygen atoms in total. The van der Waals surface area contributed by atoms with Crippen molar-refractivity contribution in [1.29, 1.82) is 0 Å². The summed E-state index contributed by atoms with van der Waals surface area (Å²) >= 11 is 0. The molecule has 1 fully saturated rings. The fourth-order valence-electron chi connectivity index (χ4n) is 2.43. The molecule has 6 heteroatoms. The van der Waals surface area contributed by atoms with E-state index in [4.69, 9.17) is 10.5 Å². The summed E-state index contributed by atoms with van der Waals surface area (Å²) in [4.78, 5) is 25.2. The van der Waals surface area contributed by atoms with Crippen molar-refractivity contribution in [2.75, 3.05) is 14.1 Å². The molecule has 3 N–H and O–H groups in total. The number of nitrogens with zero attached hydrogens (tertiary/aromatic N) is 1. The maximum atomic E-state index is 11.9. The Labute approximate surface area is 121 Å². The van der Waals surface area contributed by atoms with Crippen molar-refractivity contribution < 1.29 is 14.3 Å². The monoisotopic (exact) mass is 285 g/mol. The predicted molar refractivity (Wildman–Crippen MR) is 77.2 cm³/mol. The number of amides is 2. The lowest BCUT2D eigenvalue weighted by Gasteiger charge is -2.35. The molecule has 0 aromatic carbocycles. The SMILES string of the molecule is CN(C)C(=O)[C@H]1CC[C@@H](NC(=O)OC(C)(C)C)[C@@H](N)C1. The third-order valence-electron chi connectivity index (χ3n) is 3.39. The Kier molecular flexibility index (Phi) is 5.39. The third kappa shape index (κ3) is 5.00. The normalized spacial score (nSPS) is 26.8. The number of hydrogen-bond acceptors (Lipinski definition) is 4. The number of ether oxygens (including phenoxy) is 1. The zero-order chi connectivity index (χ0) is 15.5. The second kappa shape index (κ2) is 6.43. The lowest BCUT2D eigenvalue weighted by atomic mass is 9.82. The zero-order valence-electron chi connectivity index (χ0n) is 13.1. The van der Waals surface area contributed by atoms with E-state index in [-0.39, 0.29) is 23.9 Å². The number of nitrogens with two attached hydrogens (primary N) is 1. The van der Waals surface area contributed by atoms with Gasteiger partial charge in [0.1, 0.15) is 5.60 Å². The second-order valence-electron chi connectivity index (χ2n) is 6.66. The molecule has 1 saturated carbocycles. The summed E-state index contributed by atoms with van der Waals surface area (Å²) < 4.78 is 5.22. The standard InChI is InChI=1S/C14H27N3O3/c1-14(2,3)20-13(19)16-11-7-6-9(8-10(11)15)12(18)17(4)5/h9-11H,6-8,15H2,1-5H3,(H,16,19)/t9-,10-,11+/m0/s1. The minimum Gasteiger partial charge on any atom is -0.444 e. The Morgan fingerprint density at radius 2 is 1.85 bits per heavy atom. The van der Waals surface area contributed by atoms with Crippen LogP contribution in [0.5, 0.6) is 0 Å². The Morgan fingerprint density at radius 1 is 1.25 bits per heavy atom. The Morgan fingerprint density at radius 3 is 2.30 bits per heavy atom. The first-order valence-electron chi connectivity index (χ1n) is 7.06. The van der Waals surface area contributed by atoms with Gasteiger partial charge in [-0.05, 0) is 40.0 Å². The van der Waals surface area contributed by atoms with Crippen molar-refractivity contribution in [3.05, 3.63) is 0 Å². The molecule has 0 aromatic heterocycles. The predicted octanol–water partition coefficient (Wildman–Crippen LogP) is 1.10. The summed E-state index contributed by atoms with van der Waals surface area (Å²) in [5.41, 5.74) is 5.56. The van der Waals surface area contributed by atoms with Crippen LogP contribution in [0.25, 0.3) is 0 Å². The van der Waals surface area contributed by atoms with E-state index in [1.54, 1.807) is 19.0 Å². The summed E-state index contributed by atoms with van der Waals surface area (Å²) in [7, 11) is 3.50. The quantitative estimate of drug-likeness (QED) is 0.795. The average molecular weight is 285 g/mol. The van der Waals surface area contributed by atoms with Crippen LogP contribution in [0.1, 0.15) is 40.0 Å². The molecule has 1 rings (SSSR count). The number of rotatable bonds is 2. The van der Waals surface area contributed by atoms with Crippen molar-refractivity contribution >= 4 is 12.0 Å². The molecule has 0 spiro atoms. The van der Waals surface area contributed by atoms with Gasteiger partial charge in [-0.25, -0.2) is 4.79 Å². The Balaban J connectivity index is 2.49. The molecule has 0 heterocycles. The van der Waals surface area contributed by atoms with E-state index in [0.717, 1.165) is 6.42 Å². The first-order chi connectivity index (χ1) is 9.10. The maximum Gasteiger partial charge on any atom is 0.407 e. The molecule has 0 aromatic rings. The van der Waals surface area contributed by atoms with Crippen LogP contribution in [-0.2, 0) is 9.53 Å². The molecule has 0 radical (unpaired) electrons. The van der Waals surface area contributed by atoms with Crippen molar-refractivity contribution in [2.45, 2.75) is 57.7 Å². The lowest BCUT2D eigenvalue weighted by Crippen LogP contribution is -2.53. The summed E-state index contributed by atoms with van der Waals surface area (Å²) in [5, 5.41) is 2.80. The van der Waals surface area contributed by atoms with Crippen molar-refractivity contribution in [1.82, 2.24) is 10.2 Å². The van der Waals surface area contributed by atoms with Crippen LogP contribution in [0, 0.1) is 5.92 Å². The van der Waals surface area contributed by atoms with Gasteiger partial charge in [-0.15, -0.1) is 0 Å². The minimum atomic E-state index is -0.522. The molecule has 1 aliphatic rings. The summed E-state index contributed by atoms with van der Waals surface area (Å²) in [6, 6.07) is -0.346. The zero-order valence-corrected chi connectivity index (χ0v) is 13.1. The number of nitrogens with one attached hydrogen (secondary N) is 1. The number of alkyl carbamates (subject to hydrolysis) is 1. The molecular weight excluding hydrogens is 258 g/mol. The molecule has 0 bridgehead atoms. The van der Waals surface area contributed by atoms with Gasteiger partial charge in [-0.1, -0.05) is 0 Å². The van der Waals surface area contributed by atoms with E-state index in [1.165, 1.54) is 0 Å². The van der Waals surface area contributed by atoms with Gasteiger partial charge < -0.3 is 20.7 Å². The highest BCUT2D eigenvalue weighted by molar-refractivity contribution is 5.78. The maximum absolute atomic E-state index is 11.9. The van der Waals surface area contributed by atoms with Crippen molar-refractivity contribution in [3.8, 4) is 0 Å². The van der Waals surface area contributed by atoms with Crippen LogP contribution in [-0.4, -0.2) is 48.7 Å². The fourth-order valence-corrected chi connectivity index (χ4v) is 2.43. The van der Waals surface area contributed by atoms with E-state index in [0.29, 0.717) is 12.8 Å².